The molecule has 0 saturated carbocycles. The number of aromatic nitrogens is 2. The van der Waals surface area contributed by atoms with Crippen LogP contribution in [0.3, 0.4) is 0 Å². The van der Waals surface area contributed by atoms with Gasteiger partial charge in [-0.05, 0) is 19.1 Å². The Hall–Kier alpha value is -2.47. The van der Waals surface area contributed by atoms with Gasteiger partial charge < -0.3 is 15.0 Å². The highest BCUT2D eigenvalue weighted by Crippen LogP contribution is 2.16. The number of ether oxygens (including phenoxy) is 1. The maximum atomic E-state index is 12.5. The summed E-state index contributed by atoms with van der Waals surface area (Å²) in [6.45, 7) is 4.13. The number of carbonyl (C=O) groups is 1. The molecule has 1 fully saturated rings. The van der Waals surface area contributed by atoms with E-state index < -0.39 is 0 Å². The minimum absolute atomic E-state index is 0.0788. The summed E-state index contributed by atoms with van der Waals surface area (Å²) in [5.41, 5.74) is 1.33. The molecule has 1 aliphatic heterocycles. The molecule has 6 heteroatoms. The van der Waals surface area contributed by atoms with E-state index in [1.807, 2.05) is 30.3 Å². The lowest BCUT2D eigenvalue weighted by Gasteiger charge is -2.26. The molecule has 2 aromatic rings. The highest BCUT2D eigenvalue weighted by atomic mass is 16.5. The van der Waals surface area contributed by atoms with E-state index in [1.54, 1.807) is 17.9 Å². The second-order valence-electron chi connectivity index (χ2n) is 5.08. The Labute approximate surface area is 129 Å². The predicted octanol–water partition coefficient (Wildman–Crippen LogP) is 2.00. The molecule has 0 radical (unpaired) electrons. The molecule has 6 nitrogen and oxygen atoms in total. The van der Waals surface area contributed by atoms with Crippen LogP contribution in [-0.4, -0.2) is 47.1 Å². The first-order valence-electron chi connectivity index (χ1n) is 7.27. The van der Waals surface area contributed by atoms with Gasteiger partial charge in [0, 0.05) is 24.8 Å². The van der Waals surface area contributed by atoms with Crippen LogP contribution >= 0.6 is 0 Å². The molecular formula is C16H18N4O2. The normalized spacial score (nSPS) is 14.7. The van der Waals surface area contributed by atoms with Crippen molar-refractivity contribution >= 4 is 17.4 Å². The molecule has 0 unspecified atom stereocenters. The molecule has 1 saturated heterocycles. The van der Waals surface area contributed by atoms with Crippen molar-refractivity contribution in [3.8, 4) is 0 Å². The fourth-order valence-corrected chi connectivity index (χ4v) is 2.34. The van der Waals surface area contributed by atoms with E-state index in [0.717, 1.165) is 5.69 Å². The van der Waals surface area contributed by atoms with Crippen molar-refractivity contribution < 1.29 is 9.53 Å². The molecule has 1 aliphatic rings. The van der Waals surface area contributed by atoms with Crippen LogP contribution in [0.2, 0.25) is 0 Å². The first-order valence-corrected chi connectivity index (χ1v) is 7.27. The van der Waals surface area contributed by atoms with E-state index in [1.165, 1.54) is 0 Å². The van der Waals surface area contributed by atoms with Gasteiger partial charge in [0.05, 0.1) is 13.2 Å². The van der Waals surface area contributed by atoms with Crippen molar-refractivity contribution in [3.05, 3.63) is 47.9 Å². The lowest BCUT2D eigenvalue weighted by atomic mass is 10.3. The molecule has 1 N–H and O–H groups in total. The third-order valence-corrected chi connectivity index (χ3v) is 3.40. The van der Waals surface area contributed by atoms with Crippen LogP contribution in [0.15, 0.2) is 36.4 Å². The van der Waals surface area contributed by atoms with E-state index >= 15 is 0 Å². The van der Waals surface area contributed by atoms with E-state index in [9.17, 15) is 4.79 Å². The molecule has 0 bridgehead atoms. The molecule has 0 spiro atoms. The molecule has 1 aromatic heterocycles. The molecule has 22 heavy (non-hydrogen) atoms. The van der Waals surface area contributed by atoms with Crippen molar-refractivity contribution in [2.24, 2.45) is 0 Å². The van der Waals surface area contributed by atoms with Crippen molar-refractivity contribution in [1.29, 1.82) is 0 Å². The zero-order valence-electron chi connectivity index (χ0n) is 12.5. The zero-order chi connectivity index (χ0) is 15.4. The summed E-state index contributed by atoms with van der Waals surface area (Å²) in [6, 6.07) is 11.4. The number of hydrogen-bond acceptors (Lipinski definition) is 5. The number of nitrogens with one attached hydrogen (secondary N) is 1. The molecule has 2 heterocycles. The summed E-state index contributed by atoms with van der Waals surface area (Å²) in [4.78, 5) is 22.9. The summed E-state index contributed by atoms with van der Waals surface area (Å²) in [6.07, 6.45) is 0. The smallest absolute Gasteiger partial charge is 0.272 e. The summed E-state index contributed by atoms with van der Waals surface area (Å²) in [7, 11) is 0. The highest BCUT2D eigenvalue weighted by Gasteiger charge is 2.20. The average molecular weight is 298 g/mol. The quantitative estimate of drug-likeness (QED) is 0.938. The van der Waals surface area contributed by atoms with Crippen LogP contribution in [0.4, 0.5) is 11.5 Å². The Morgan fingerprint density at radius 3 is 2.64 bits per heavy atom. The molecule has 0 atom stereocenters. The van der Waals surface area contributed by atoms with Gasteiger partial charge >= 0.3 is 0 Å². The highest BCUT2D eigenvalue weighted by molar-refractivity contribution is 5.93. The van der Waals surface area contributed by atoms with Gasteiger partial charge in [-0.3, -0.25) is 4.79 Å². The van der Waals surface area contributed by atoms with Gasteiger partial charge in [0.2, 0.25) is 0 Å². The molecule has 114 valence electrons. The van der Waals surface area contributed by atoms with Gasteiger partial charge in [-0.1, -0.05) is 18.2 Å². The average Bonchev–Trinajstić information content (AvgIpc) is 2.55. The Morgan fingerprint density at radius 2 is 1.91 bits per heavy atom. The van der Waals surface area contributed by atoms with Crippen LogP contribution in [0.25, 0.3) is 0 Å². The summed E-state index contributed by atoms with van der Waals surface area (Å²) in [5.74, 6) is 1.11. The van der Waals surface area contributed by atoms with Gasteiger partial charge in [-0.2, -0.15) is 0 Å². The van der Waals surface area contributed by atoms with Crippen LogP contribution < -0.4 is 5.32 Å². The number of amides is 1. The topological polar surface area (TPSA) is 67.4 Å². The van der Waals surface area contributed by atoms with Gasteiger partial charge in [0.1, 0.15) is 17.3 Å². The number of para-hydroxylation sites is 1. The van der Waals surface area contributed by atoms with E-state index in [-0.39, 0.29) is 5.91 Å². The summed E-state index contributed by atoms with van der Waals surface area (Å²) >= 11 is 0. The third kappa shape index (κ3) is 3.40. The number of morpholine rings is 1. The van der Waals surface area contributed by atoms with Crippen LogP contribution in [-0.2, 0) is 4.74 Å². The van der Waals surface area contributed by atoms with Crippen LogP contribution in [0.5, 0.6) is 0 Å². The number of nitrogens with zero attached hydrogens (tertiary/aromatic N) is 3. The summed E-state index contributed by atoms with van der Waals surface area (Å²) in [5, 5.41) is 3.20. The van der Waals surface area contributed by atoms with E-state index in [2.05, 4.69) is 15.3 Å². The molecule has 0 aliphatic carbocycles. The first-order chi connectivity index (χ1) is 10.7. The third-order valence-electron chi connectivity index (χ3n) is 3.40. The number of hydrogen-bond donors (Lipinski definition) is 1. The second-order valence-corrected chi connectivity index (χ2v) is 5.08. The Morgan fingerprint density at radius 1 is 1.18 bits per heavy atom. The number of benzene rings is 1. The molecule has 1 amide bonds. The predicted molar refractivity (Wildman–Crippen MR) is 83.2 cm³/mol. The van der Waals surface area contributed by atoms with E-state index in [4.69, 9.17) is 4.74 Å². The first kappa shape index (κ1) is 14.5. The Balaban J connectivity index is 1.81. The van der Waals surface area contributed by atoms with Gasteiger partial charge in [0.15, 0.2) is 0 Å². The number of aryl methyl sites for hydroxylation is 1. The van der Waals surface area contributed by atoms with Crippen molar-refractivity contribution in [1.82, 2.24) is 14.9 Å². The minimum atomic E-state index is -0.0788. The maximum absolute atomic E-state index is 12.5. The van der Waals surface area contributed by atoms with Crippen molar-refractivity contribution in [2.45, 2.75) is 6.92 Å². The van der Waals surface area contributed by atoms with Crippen molar-refractivity contribution in [2.75, 3.05) is 31.6 Å². The minimum Gasteiger partial charge on any atom is -0.378 e. The standard InChI is InChI=1S/C16H18N4O2/c1-12-17-14(16(21)20-7-9-22-10-8-20)11-15(18-12)19-13-5-3-2-4-6-13/h2-6,11H,7-10H2,1H3,(H,17,18,19). The molecule has 1 aromatic carbocycles. The molecular weight excluding hydrogens is 280 g/mol. The SMILES string of the molecule is Cc1nc(Nc2ccccc2)cc(C(=O)N2CCOCC2)n1. The van der Waals surface area contributed by atoms with Gasteiger partial charge in [0.25, 0.3) is 5.91 Å². The monoisotopic (exact) mass is 298 g/mol. The van der Waals surface area contributed by atoms with E-state index in [0.29, 0.717) is 43.6 Å². The fraction of sp³-hybridized carbons (Fsp3) is 0.312. The van der Waals surface area contributed by atoms with Crippen LogP contribution in [0.1, 0.15) is 16.3 Å². The Kier molecular flexibility index (Phi) is 4.29. The number of carbonyl (C=O) groups excluding carboxylic acids is 1. The van der Waals surface area contributed by atoms with Gasteiger partial charge in [-0.25, -0.2) is 9.97 Å². The lowest BCUT2D eigenvalue weighted by Crippen LogP contribution is -2.41. The fourth-order valence-electron chi connectivity index (χ4n) is 2.34. The Bertz CT molecular complexity index is 654. The maximum Gasteiger partial charge on any atom is 0.272 e. The molecule has 3 rings (SSSR count). The number of rotatable bonds is 3. The second kappa shape index (κ2) is 6.53. The largest absolute Gasteiger partial charge is 0.378 e. The summed E-state index contributed by atoms with van der Waals surface area (Å²) < 4.78 is 5.27. The van der Waals surface area contributed by atoms with Crippen LogP contribution in [0, 0.1) is 6.92 Å². The van der Waals surface area contributed by atoms with Crippen molar-refractivity contribution in [3.63, 3.8) is 0 Å². The zero-order valence-corrected chi connectivity index (χ0v) is 12.5. The number of anilines is 2. The lowest BCUT2D eigenvalue weighted by molar-refractivity contribution is 0.0299. The van der Waals surface area contributed by atoms with Gasteiger partial charge in [-0.15, -0.1) is 0 Å².